The lowest BCUT2D eigenvalue weighted by Gasteiger charge is -2.18. The Hall–Kier alpha value is -3.15. The van der Waals surface area contributed by atoms with Crippen LogP contribution in [0.5, 0.6) is 0 Å². The van der Waals surface area contributed by atoms with Crippen LogP contribution in [0.25, 0.3) is 0 Å². The lowest BCUT2D eigenvalue weighted by atomic mass is 10.1. The molecule has 0 saturated heterocycles. The Labute approximate surface area is 370 Å². The van der Waals surface area contributed by atoms with E-state index < -0.39 is 6.10 Å². The highest BCUT2D eigenvalue weighted by Gasteiger charge is 2.19. The van der Waals surface area contributed by atoms with Crippen molar-refractivity contribution in [2.75, 3.05) is 13.2 Å². The first-order chi connectivity index (χ1) is 29.5. The minimum atomic E-state index is -0.792. The minimum Gasteiger partial charge on any atom is -0.462 e. The predicted octanol–water partition coefficient (Wildman–Crippen LogP) is 16.3. The Morgan fingerprint density at radius 1 is 0.367 bits per heavy atom. The third-order valence-corrected chi connectivity index (χ3v) is 10.4. The third-order valence-electron chi connectivity index (χ3n) is 10.4. The molecule has 0 amide bonds. The Balaban J connectivity index is 4.42. The molecule has 0 aliphatic rings. The van der Waals surface area contributed by atoms with E-state index in [0.29, 0.717) is 19.3 Å². The fourth-order valence-electron chi connectivity index (χ4n) is 6.66. The molecule has 0 radical (unpaired) electrons. The van der Waals surface area contributed by atoms with Crippen LogP contribution < -0.4 is 0 Å². The van der Waals surface area contributed by atoms with Crippen LogP contribution in [0.4, 0.5) is 0 Å². The van der Waals surface area contributed by atoms with Gasteiger partial charge in [0.05, 0.1) is 0 Å². The molecule has 0 fully saturated rings. The lowest BCUT2D eigenvalue weighted by Crippen LogP contribution is -2.30. The molecule has 0 rings (SSSR count). The van der Waals surface area contributed by atoms with Gasteiger partial charge in [0, 0.05) is 19.3 Å². The van der Waals surface area contributed by atoms with Crippen LogP contribution in [0.15, 0.2) is 72.9 Å². The van der Waals surface area contributed by atoms with E-state index in [1.54, 1.807) is 0 Å². The van der Waals surface area contributed by atoms with Crippen LogP contribution in [0.2, 0.25) is 0 Å². The largest absolute Gasteiger partial charge is 0.462 e. The van der Waals surface area contributed by atoms with Crippen molar-refractivity contribution in [3.8, 4) is 0 Å². The van der Waals surface area contributed by atoms with Crippen molar-refractivity contribution in [1.82, 2.24) is 0 Å². The summed E-state index contributed by atoms with van der Waals surface area (Å²) in [6.07, 6.45) is 60.2. The van der Waals surface area contributed by atoms with Crippen molar-refractivity contribution in [3.05, 3.63) is 72.9 Å². The quantitative estimate of drug-likeness (QED) is 0.0200. The molecule has 0 saturated carbocycles. The lowest BCUT2D eigenvalue weighted by molar-refractivity contribution is -0.167. The predicted molar refractivity (Wildman–Crippen MR) is 256 cm³/mol. The molecule has 6 nitrogen and oxygen atoms in total. The number of allylic oxidation sites excluding steroid dienone is 12. The number of carbonyl (C=O) groups is 3. The summed E-state index contributed by atoms with van der Waals surface area (Å²) in [6.45, 7) is 6.42. The van der Waals surface area contributed by atoms with Gasteiger partial charge in [-0.1, -0.05) is 190 Å². The van der Waals surface area contributed by atoms with Gasteiger partial charge < -0.3 is 14.2 Å². The van der Waals surface area contributed by atoms with Crippen molar-refractivity contribution in [1.29, 1.82) is 0 Å². The van der Waals surface area contributed by atoms with Gasteiger partial charge in [-0.05, 0) is 96.3 Å². The zero-order valence-corrected chi connectivity index (χ0v) is 39.2. The van der Waals surface area contributed by atoms with E-state index in [0.717, 1.165) is 96.3 Å². The third kappa shape index (κ3) is 45.9. The number of rotatable bonds is 44. The summed E-state index contributed by atoms with van der Waals surface area (Å²) in [5.41, 5.74) is 0. The molecule has 6 heteroatoms. The van der Waals surface area contributed by atoms with Crippen molar-refractivity contribution in [2.45, 2.75) is 239 Å². The molecule has 1 unspecified atom stereocenters. The van der Waals surface area contributed by atoms with Crippen molar-refractivity contribution >= 4 is 17.9 Å². The number of hydrogen-bond donors (Lipinski definition) is 0. The van der Waals surface area contributed by atoms with Crippen molar-refractivity contribution < 1.29 is 28.6 Å². The summed E-state index contributed by atoms with van der Waals surface area (Å²) >= 11 is 0. The molecule has 0 heterocycles. The van der Waals surface area contributed by atoms with Gasteiger partial charge in [0.1, 0.15) is 13.2 Å². The SMILES string of the molecule is CC/C=C\C/C=C\C/C=C\CCCCCCCCC(=O)OCC(COC(=O)CCCCC/C=C\C=C/CCCC)OC(=O)CCCCCCCCC/C=C\CCCCCC. The van der Waals surface area contributed by atoms with Crippen molar-refractivity contribution in [2.24, 2.45) is 0 Å². The van der Waals surface area contributed by atoms with E-state index in [9.17, 15) is 14.4 Å². The molecular formula is C54H92O6. The summed E-state index contributed by atoms with van der Waals surface area (Å²) in [5.74, 6) is -0.939. The van der Waals surface area contributed by atoms with E-state index >= 15 is 0 Å². The summed E-state index contributed by atoms with van der Waals surface area (Å²) in [7, 11) is 0. The number of unbranched alkanes of at least 4 members (excludes halogenated alkanes) is 22. The molecule has 1 atom stereocenters. The topological polar surface area (TPSA) is 78.9 Å². The number of hydrogen-bond acceptors (Lipinski definition) is 6. The first kappa shape index (κ1) is 56.9. The van der Waals surface area contributed by atoms with Gasteiger partial charge in [0.25, 0.3) is 0 Å². The monoisotopic (exact) mass is 837 g/mol. The van der Waals surface area contributed by atoms with Gasteiger partial charge >= 0.3 is 17.9 Å². The second-order valence-electron chi connectivity index (χ2n) is 16.4. The summed E-state index contributed by atoms with van der Waals surface area (Å²) in [6, 6.07) is 0. The van der Waals surface area contributed by atoms with Crippen LogP contribution >= 0.6 is 0 Å². The van der Waals surface area contributed by atoms with Crippen LogP contribution in [-0.2, 0) is 28.6 Å². The Kier molecular flexibility index (Phi) is 46.0. The Morgan fingerprint density at radius 3 is 1.20 bits per heavy atom. The molecule has 0 aromatic heterocycles. The maximum atomic E-state index is 12.8. The molecule has 0 bridgehead atoms. The van der Waals surface area contributed by atoms with E-state index in [1.807, 2.05) is 0 Å². The van der Waals surface area contributed by atoms with Gasteiger partial charge in [-0.3, -0.25) is 14.4 Å². The van der Waals surface area contributed by atoms with Gasteiger partial charge in [-0.15, -0.1) is 0 Å². The van der Waals surface area contributed by atoms with Crippen LogP contribution in [0.3, 0.4) is 0 Å². The van der Waals surface area contributed by atoms with Crippen LogP contribution in [0.1, 0.15) is 233 Å². The molecule has 0 aliphatic carbocycles. The molecule has 0 aliphatic heterocycles. The maximum absolute atomic E-state index is 12.8. The summed E-state index contributed by atoms with van der Waals surface area (Å²) in [4.78, 5) is 37.9. The van der Waals surface area contributed by atoms with Crippen LogP contribution in [0, 0.1) is 0 Å². The second kappa shape index (κ2) is 48.5. The van der Waals surface area contributed by atoms with Gasteiger partial charge in [-0.2, -0.15) is 0 Å². The van der Waals surface area contributed by atoms with Crippen LogP contribution in [-0.4, -0.2) is 37.2 Å². The summed E-state index contributed by atoms with van der Waals surface area (Å²) in [5, 5.41) is 0. The Morgan fingerprint density at radius 2 is 0.717 bits per heavy atom. The molecule has 60 heavy (non-hydrogen) atoms. The smallest absolute Gasteiger partial charge is 0.306 e. The zero-order chi connectivity index (χ0) is 43.7. The first-order valence-corrected chi connectivity index (χ1v) is 25.0. The fourth-order valence-corrected chi connectivity index (χ4v) is 6.66. The van der Waals surface area contributed by atoms with Crippen molar-refractivity contribution in [3.63, 3.8) is 0 Å². The fraction of sp³-hybridized carbons (Fsp3) is 0.722. The molecule has 344 valence electrons. The van der Waals surface area contributed by atoms with Gasteiger partial charge in [0.15, 0.2) is 6.10 Å². The van der Waals surface area contributed by atoms with E-state index in [-0.39, 0.29) is 31.1 Å². The normalized spacial score (nSPS) is 12.7. The highest BCUT2D eigenvalue weighted by atomic mass is 16.6. The van der Waals surface area contributed by atoms with Gasteiger partial charge in [-0.25, -0.2) is 0 Å². The Bertz CT molecular complexity index is 1140. The number of esters is 3. The maximum Gasteiger partial charge on any atom is 0.306 e. The van der Waals surface area contributed by atoms with Gasteiger partial charge in [0.2, 0.25) is 0 Å². The average molecular weight is 837 g/mol. The highest BCUT2D eigenvalue weighted by molar-refractivity contribution is 5.71. The molecule has 0 spiro atoms. The second-order valence-corrected chi connectivity index (χ2v) is 16.4. The molecular weight excluding hydrogens is 745 g/mol. The van der Waals surface area contributed by atoms with E-state index in [1.165, 1.54) is 96.3 Å². The molecule has 0 aromatic rings. The summed E-state index contributed by atoms with van der Waals surface area (Å²) < 4.78 is 16.7. The van der Waals surface area contributed by atoms with E-state index in [4.69, 9.17) is 14.2 Å². The average Bonchev–Trinajstić information content (AvgIpc) is 3.24. The first-order valence-electron chi connectivity index (χ1n) is 25.0. The van der Waals surface area contributed by atoms with E-state index in [2.05, 4.69) is 93.7 Å². The molecule has 0 aromatic carbocycles. The number of carbonyl (C=O) groups excluding carboxylic acids is 3. The zero-order valence-electron chi connectivity index (χ0n) is 39.2. The number of ether oxygens (including phenoxy) is 3. The minimum absolute atomic E-state index is 0.0929. The standard InChI is InChI=1S/C54H92O6/c1-4-7-10-13-16-19-22-24-26-28-29-32-35-38-41-44-47-53(56)59-50-51(49-58-52(55)46-43-40-37-34-31-21-18-15-12-9-6-3)60-54(57)48-45-42-39-36-33-30-27-25-23-20-17-14-11-8-5-2/h7,10,15-16,18-21,23-24,26,31,51H,4-6,8-9,11-14,17,22,25,27-30,32-50H2,1-3H3/b10-7-,18-15-,19-16-,23-20-,26-24-,31-21-. The molecule has 0 N–H and O–H groups in total. The highest BCUT2D eigenvalue weighted by Crippen LogP contribution is 2.14.